The number of rotatable bonds is 7. The van der Waals surface area contributed by atoms with Gasteiger partial charge in [-0.15, -0.1) is 0 Å². The van der Waals surface area contributed by atoms with Crippen molar-refractivity contribution in [2.24, 2.45) is 0 Å². The Morgan fingerprint density at radius 1 is 1.08 bits per heavy atom. The van der Waals surface area contributed by atoms with Crippen LogP contribution in [0.15, 0.2) is 47.5 Å². The number of sulfonamides is 2. The predicted molar refractivity (Wildman–Crippen MR) is 91.1 cm³/mol. The van der Waals surface area contributed by atoms with Crippen LogP contribution >= 0.6 is 0 Å². The van der Waals surface area contributed by atoms with E-state index in [2.05, 4.69) is 14.4 Å². The van der Waals surface area contributed by atoms with Gasteiger partial charge in [-0.2, -0.15) is 0 Å². The third-order valence-corrected chi connectivity index (χ3v) is 5.71. The smallest absolute Gasteiger partial charge is 0.266 e. The molecular formula is C14H17N3O5S2. The number of aromatic nitrogens is 1. The Labute approximate surface area is 141 Å². The quantitative estimate of drug-likeness (QED) is 0.765. The summed E-state index contributed by atoms with van der Waals surface area (Å²) in [6.07, 6.45) is 1.46. The summed E-state index contributed by atoms with van der Waals surface area (Å²) in [5.74, 6) is 0.0707. The predicted octanol–water partition coefficient (Wildman–Crippen LogP) is 1.65. The van der Waals surface area contributed by atoms with E-state index in [9.17, 15) is 16.8 Å². The molecule has 130 valence electrons. The topological polar surface area (TPSA) is 114 Å². The Balaban J connectivity index is 2.36. The molecule has 0 bridgehead atoms. The Bertz CT molecular complexity index is 913. The molecule has 0 saturated carbocycles. The van der Waals surface area contributed by atoms with Crippen LogP contribution in [0.3, 0.4) is 0 Å². The van der Waals surface area contributed by atoms with Crippen molar-refractivity contribution < 1.29 is 21.6 Å². The molecule has 2 aromatic rings. The Hall–Kier alpha value is -2.33. The second kappa shape index (κ2) is 7.05. The third kappa shape index (κ3) is 4.36. The van der Waals surface area contributed by atoms with Crippen molar-refractivity contribution in [2.45, 2.75) is 11.8 Å². The second-order valence-electron chi connectivity index (χ2n) is 4.69. The summed E-state index contributed by atoms with van der Waals surface area (Å²) in [5.41, 5.74) is 0.213. The van der Waals surface area contributed by atoms with Gasteiger partial charge in [0.2, 0.25) is 10.0 Å². The van der Waals surface area contributed by atoms with Crippen LogP contribution in [-0.2, 0) is 20.0 Å². The molecule has 0 saturated heterocycles. The molecule has 0 atom stereocenters. The number of benzene rings is 1. The van der Waals surface area contributed by atoms with Gasteiger partial charge in [-0.1, -0.05) is 6.07 Å². The summed E-state index contributed by atoms with van der Waals surface area (Å²) in [7, 11) is -6.11. The molecule has 10 heteroatoms. The van der Waals surface area contributed by atoms with Crippen molar-refractivity contribution >= 4 is 31.6 Å². The number of nitrogens with zero attached hydrogens (tertiary/aromatic N) is 1. The highest BCUT2D eigenvalue weighted by atomic mass is 32.2. The SMILES string of the molecule is CCS(=O)(=O)Nc1ccc(S(=O)(=O)Nc2ccccn2)c(OC)c1. The maximum absolute atomic E-state index is 12.5. The van der Waals surface area contributed by atoms with E-state index >= 15 is 0 Å². The molecule has 8 nitrogen and oxygen atoms in total. The Kier molecular flexibility index (Phi) is 5.30. The Morgan fingerprint density at radius 3 is 2.42 bits per heavy atom. The van der Waals surface area contributed by atoms with E-state index in [-0.39, 0.29) is 27.9 Å². The van der Waals surface area contributed by atoms with Gasteiger partial charge in [-0.05, 0) is 31.2 Å². The van der Waals surface area contributed by atoms with E-state index in [1.54, 1.807) is 12.1 Å². The van der Waals surface area contributed by atoms with Crippen molar-refractivity contribution in [3.05, 3.63) is 42.6 Å². The first-order valence-corrected chi connectivity index (χ1v) is 10.0. The summed E-state index contributed by atoms with van der Waals surface area (Å²) in [6, 6.07) is 8.73. The van der Waals surface area contributed by atoms with Crippen LogP contribution in [-0.4, -0.2) is 34.7 Å². The third-order valence-electron chi connectivity index (χ3n) is 3.01. The lowest BCUT2D eigenvalue weighted by Gasteiger charge is -2.13. The van der Waals surface area contributed by atoms with Gasteiger partial charge in [0.05, 0.1) is 18.6 Å². The summed E-state index contributed by atoms with van der Waals surface area (Å²) in [4.78, 5) is 3.77. The van der Waals surface area contributed by atoms with E-state index in [1.807, 2.05) is 0 Å². The summed E-state index contributed by atoms with van der Waals surface area (Å²) in [6.45, 7) is 1.50. The summed E-state index contributed by atoms with van der Waals surface area (Å²) >= 11 is 0. The molecule has 0 fully saturated rings. The lowest BCUT2D eigenvalue weighted by Crippen LogP contribution is -2.16. The number of hydrogen-bond donors (Lipinski definition) is 2. The highest BCUT2D eigenvalue weighted by Gasteiger charge is 2.21. The molecule has 2 rings (SSSR count). The van der Waals surface area contributed by atoms with Crippen LogP contribution in [0.5, 0.6) is 5.75 Å². The molecule has 1 heterocycles. The first-order valence-electron chi connectivity index (χ1n) is 6.90. The Morgan fingerprint density at radius 2 is 1.83 bits per heavy atom. The van der Waals surface area contributed by atoms with Crippen LogP contribution in [0, 0.1) is 0 Å². The number of ether oxygens (including phenoxy) is 1. The molecule has 0 spiro atoms. The van der Waals surface area contributed by atoms with E-state index < -0.39 is 20.0 Å². The van der Waals surface area contributed by atoms with E-state index in [0.29, 0.717) is 0 Å². The minimum atomic E-state index is -3.94. The lowest BCUT2D eigenvalue weighted by atomic mass is 10.3. The van der Waals surface area contributed by atoms with Gasteiger partial charge in [0.1, 0.15) is 16.5 Å². The largest absolute Gasteiger partial charge is 0.495 e. The molecule has 1 aromatic carbocycles. The fourth-order valence-electron chi connectivity index (χ4n) is 1.82. The number of pyridine rings is 1. The zero-order chi connectivity index (χ0) is 17.8. The van der Waals surface area contributed by atoms with E-state index in [1.165, 1.54) is 44.5 Å². The highest BCUT2D eigenvalue weighted by molar-refractivity contribution is 7.93. The van der Waals surface area contributed by atoms with E-state index in [4.69, 9.17) is 4.74 Å². The summed E-state index contributed by atoms with van der Waals surface area (Å²) in [5, 5.41) is 0. The van der Waals surface area contributed by atoms with Crippen molar-refractivity contribution in [1.29, 1.82) is 0 Å². The molecule has 1 aromatic heterocycles. The minimum absolute atomic E-state index is 0.00901. The van der Waals surface area contributed by atoms with Crippen LogP contribution < -0.4 is 14.2 Å². The molecule has 0 amide bonds. The van der Waals surface area contributed by atoms with Gasteiger partial charge in [0, 0.05) is 12.3 Å². The van der Waals surface area contributed by atoms with E-state index in [0.717, 1.165) is 0 Å². The fourth-order valence-corrected chi connectivity index (χ4v) is 3.61. The molecule has 24 heavy (non-hydrogen) atoms. The van der Waals surface area contributed by atoms with Gasteiger partial charge in [-0.3, -0.25) is 9.44 Å². The highest BCUT2D eigenvalue weighted by Crippen LogP contribution is 2.29. The first-order chi connectivity index (χ1) is 11.3. The van der Waals surface area contributed by atoms with Crippen molar-refractivity contribution in [3.63, 3.8) is 0 Å². The van der Waals surface area contributed by atoms with Crippen LogP contribution in [0.1, 0.15) is 6.92 Å². The zero-order valence-electron chi connectivity index (χ0n) is 13.1. The van der Waals surface area contributed by atoms with Gasteiger partial charge in [-0.25, -0.2) is 21.8 Å². The van der Waals surface area contributed by atoms with Gasteiger partial charge < -0.3 is 4.74 Å². The van der Waals surface area contributed by atoms with Crippen LogP contribution in [0.25, 0.3) is 0 Å². The maximum atomic E-state index is 12.5. The molecule has 2 N–H and O–H groups in total. The second-order valence-corrected chi connectivity index (χ2v) is 8.35. The first kappa shape index (κ1) is 18.0. The summed E-state index contributed by atoms with van der Waals surface area (Å²) < 4.78 is 57.9. The number of nitrogens with one attached hydrogen (secondary N) is 2. The number of methoxy groups -OCH3 is 1. The van der Waals surface area contributed by atoms with Crippen LogP contribution in [0.2, 0.25) is 0 Å². The number of hydrogen-bond acceptors (Lipinski definition) is 6. The molecule has 0 unspecified atom stereocenters. The zero-order valence-corrected chi connectivity index (χ0v) is 14.7. The monoisotopic (exact) mass is 371 g/mol. The average molecular weight is 371 g/mol. The van der Waals surface area contributed by atoms with Crippen LogP contribution in [0.4, 0.5) is 11.5 Å². The van der Waals surface area contributed by atoms with Crippen molar-refractivity contribution in [1.82, 2.24) is 4.98 Å². The van der Waals surface area contributed by atoms with Crippen molar-refractivity contribution in [2.75, 3.05) is 22.3 Å². The average Bonchev–Trinajstić information content (AvgIpc) is 2.54. The maximum Gasteiger partial charge on any atom is 0.266 e. The molecule has 0 aliphatic carbocycles. The van der Waals surface area contributed by atoms with Gasteiger partial charge in [0.15, 0.2) is 0 Å². The molecular weight excluding hydrogens is 354 g/mol. The molecule has 0 radical (unpaired) electrons. The molecule has 0 aliphatic rings. The lowest BCUT2D eigenvalue weighted by molar-refractivity contribution is 0.403. The standard InChI is InChI=1S/C14H17N3O5S2/c1-3-23(18,19)16-11-7-8-13(12(10-11)22-2)24(20,21)17-14-6-4-5-9-15-14/h4-10,16H,3H2,1-2H3,(H,15,17). The van der Waals surface area contributed by atoms with Gasteiger partial charge >= 0.3 is 0 Å². The minimum Gasteiger partial charge on any atom is -0.495 e. The fraction of sp³-hybridized carbons (Fsp3) is 0.214. The normalized spacial score (nSPS) is 11.8. The van der Waals surface area contributed by atoms with Gasteiger partial charge in [0.25, 0.3) is 10.0 Å². The number of anilines is 2. The molecule has 0 aliphatic heterocycles. The van der Waals surface area contributed by atoms with Crippen molar-refractivity contribution in [3.8, 4) is 5.75 Å².